The summed E-state index contributed by atoms with van der Waals surface area (Å²) in [5, 5.41) is 5.94. The van der Waals surface area contributed by atoms with Crippen LogP contribution < -0.4 is 10.6 Å². The van der Waals surface area contributed by atoms with Gasteiger partial charge in [-0.05, 0) is 36.2 Å². The molecule has 2 aromatic carbocycles. The number of carbonyl (C=O) groups is 4. The molecule has 9 nitrogen and oxygen atoms in total. The number of hydrogen-bond acceptors (Lipinski definition) is 6. The largest absolute Gasteiger partial charge is 0.465 e. The van der Waals surface area contributed by atoms with Gasteiger partial charge in [-0.25, -0.2) is 9.59 Å². The van der Waals surface area contributed by atoms with E-state index < -0.39 is 23.8 Å². The molecule has 0 radical (unpaired) electrons. The van der Waals surface area contributed by atoms with Gasteiger partial charge in [-0.2, -0.15) is 0 Å². The number of para-hydroxylation sites is 1. The number of hydrogen-bond donors (Lipinski definition) is 3. The number of aromatic nitrogens is 1. The van der Waals surface area contributed by atoms with Crippen LogP contribution in [0.2, 0.25) is 0 Å². The van der Waals surface area contributed by atoms with Crippen LogP contribution in [-0.2, 0) is 25.5 Å². The highest BCUT2D eigenvalue weighted by atomic mass is 16.5. The van der Waals surface area contributed by atoms with E-state index in [4.69, 9.17) is 0 Å². The number of fused-ring (bicyclic) bond motifs is 1. The summed E-state index contributed by atoms with van der Waals surface area (Å²) < 4.78 is 9.32. The first kappa shape index (κ1) is 21.6. The Hall–Kier alpha value is -4.14. The lowest BCUT2D eigenvalue weighted by atomic mass is 10.1. The SMILES string of the molecule is COC(=O)c1ccc(C(=O)OC)c(NC(=O)C(=O)NCCc2c[nH]c3ccccc23)c1. The van der Waals surface area contributed by atoms with Crippen molar-refractivity contribution >= 4 is 40.3 Å². The summed E-state index contributed by atoms with van der Waals surface area (Å²) in [5.41, 5.74) is 2.06. The average molecular weight is 423 g/mol. The molecule has 31 heavy (non-hydrogen) atoms. The average Bonchev–Trinajstić information content (AvgIpc) is 3.21. The first-order valence-electron chi connectivity index (χ1n) is 9.39. The molecule has 3 aromatic rings. The molecule has 0 atom stereocenters. The molecule has 160 valence electrons. The minimum absolute atomic E-state index is 0.00454. The van der Waals surface area contributed by atoms with Crippen LogP contribution in [0.25, 0.3) is 10.9 Å². The normalized spacial score (nSPS) is 10.4. The summed E-state index contributed by atoms with van der Waals surface area (Å²) in [7, 11) is 2.38. The van der Waals surface area contributed by atoms with Crippen LogP contribution in [-0.4, -0.2) is 49.5 Å². The van der Waals surface area contributed by atoms with E-state index in [0.29, 0.717) is 6.42 Å². The van der Waals surface area contributed by atoms with Gasteiger partial charge in [0.1, 0.15) is 0 Å². The minimum Gasteiger partial charge on any atom is -0.465 e. The van der Waals surface area contributed by atoms with Crippen molar-refractivity contribution < 1.29 is 28.7 Å². The second-order valence-corrected chi connectivity index (χ2v) is 6.56. The zero-order valence-electron chi connectivity index (χ0n) is 17.0. The van der Waals surface area contributed by atoms with E-state index in [9.17, 15) is 19.2 Å². The highest BCUT2D eigenvalue weighted by Crippen LogP contribution is 2.20. The molecule has 1 aromatic heterocycles. The number of benzene rings is 2. The molecule has 3 N–H and O–H groups in total. The number of anilines is 1. The summed E-state index contributed by atoms with van der Waals surface area (Å²) in [6, 6.07) is 11.7. The Labute approximate surface area is 177 Å². The highest BCUT2D eigenvalue weighted by Gasteiger charge is 2.20. The van der Waals surface area contributed by atoms with Crippen molar-refractivity contribution in [3.63, 3.8) is 0 Å². The molecule has 3 rings (SSSR count). The molecule has 0 aliphatic rings. The summed E-state index contributed by atoms with van der Waals surface area (Å²) >= 11 is 0. The maximum absolute atomic E-state index is 12.3. The Morgan fingerprint density at radius 3 is 2.42 bits per heavy atom. The Balaban J connectivity index is 1.66. The summed E-state index contributed by atoms with van der Waals surface area (Å²) in [6.07, 6.45) is 2.38. The molecule has 1 heterocycles. The molecule has 0 aliphatic heterocycles. The molecule has 0 saturated carbocycles. The van der Waals surface area contributed by atoms with E-state index >= 15 is 0 Å². The quantitative estimate of drug-likeness (QED) is 0.411. The molecular weight excluding hydrogens is 402 g/mol. The molecule has 0 fully saturated rings. The van der Waals surface area contributed by atoms with Gasteiger partial charge in [-0.3, -0.25) is 9.59 Å². The molecule has 9 heteroatoms. The van der Waals surface area contributed by atoms with Gasteiger partial charge >= 0.3 is 23.8 Å². The van der Waals surface area contributed by atoms with Crippen LogP contribution in [0.5, 0.6) is 0 Å². The van der Waals surface area contributed by atoms with Crippen LogP contribution in [0.1, 0.15) is 26.3 Å². The van der Waals surface area contributed by atoms with Gasteiger partial charge in [0, 0.05) is 23.6 Å². The Bertz CT molecular complexity index is 1150. The van der Waals surface area contributed by atoms with Gasteiger partial charge in [0.15, 0.2) is 0 Å². The number of methoxy groups -OCH3 is 2. The topological polar surface area (TPSA) is 127 Å². The van der Waals surface area contributed by atoms with E-state index in [1.807, 2.05) is 30.5 Å². The van der Waals surface area contributed by atoms with Crippen LogP contribution in [0.3, 0.4) is 0 Å². The Morgan fingerprint density at radius 1 is 0.935 bits per heavy atom. The van der Waals surface area contributed by atoms with Crippen molar-refractivity contribution in [2.45, 2.75) is 6.42 Å². The molecule has 0 bridgehead atoms. The summed E-state index contributed by atoms with van der Waals surface area (Å²) in [5.74, 6) is -3.24. The predicted molar refractivity (Wildman–Crippen MR) is 113 cm³/mol. The van der Waals surface area contributed by atoms with Crippen LogP contribution in [0.4, 0.5) is 5.69 Å². The van der Waals surface area contributed by atoms with Crippen molar-refractivity contribution in [3.8, 4) is 0 Å². The predicted octanol–water partition coefficient (Wildman–Crippen LogP) is 2.04. The second kappa shape index (κ2) is 9.57. The van der Waals surface area contributed by atoms with E-state index in [2.05, 4.69) is 25.1 Å². The zero-order chi connectivity index (χ0) is 22.4. The fourth-order valence-corrected chi connectivity index (χ4v) is 3.09. The van der Waals surface area contributed by atoms with Gasteiger partial charge in [-0.1, -0.05) is 18.2 Å². The Kier molecular flexibility index (Phi) is 6.66. The van der Waals surface area contributed by atoms with Crippen molar-refractivity contribution in [2.24, 2.45) is 0 Å². The second-order valence-electron chi connectivity index (χ2n) is 6.56. The van der Waals surface area contributed by atoms with E-state index in [-0.39, 0.29) is 23.4 Å². The first-order valence-corrected chi connectivity index (χ1v) is 9.39. The first-order chi connectivity index (χ1) is 14.9. The van der Waals surface area contributed by atoms with Gasteiger partial charge < -0.3 is 25.1 Å². The van der Waals surface area contributed by atoms with Crippen LogP contribution >= 0.6 is 0 Å². The monoisotopic (exact) mass is 423 g/mol. The lowest BCUT2D eigenvalue weighted by Crippen LogP contribution is -2.36. The lowest BCUT2D eigenvalue weighted by Gasteiger charge is -2.11. The fourth-order valence-electron chi connectivity index (χ4n) is 3.09. The summed E-state index contributed by atoms with van der Waals surface area (Å²) in [6.45, 7) is 0.236. The molecule has 0 unspecified atom stereocenters. The number of ether oxygens (including phenoxy) is 2. The van der Waals surface area contributed by atoms with E-state index in [0.717, 1.165) is 16.5 Å². The van der Waals surface area contributed by atoms with E-state index in [1.165, 1.54) is 32.4 Å². The third-order valence-corrected chi connectivity index (χ3v) is 4.66. The van der Waals surface area contributed by atoms with Crippen molar-refractivity contribution in [2.75, 3.05) is 26.1 Å². The molecular formula is C22H21N3O6. The van der Waals surface area contributed by atoms with Crippen molar-refractivity contribution in [3.05, 3.63) is 65.4 Å². The maximum atomic E-state index is 12.3. The number of aromatic amines is 1. The Morgan fingerprint density at radius 2 is 1.68 bits per heavy atom. The van der Waals surface area contributed by atoms with Gasteiger partial charge in [0.25, 0.3) is 0 Å². The number of esters is 2. The minimum atomic E-state index is -0.980. The van der Waals surface area contributed by atoms with Crippen LogP contribution in [0.15, 0.2) is 48.7 Å². The summed E-state index contributed by atoms with van der Waals surface area (Å²) in [4.78, 5) is 51.4. The van der Waals surface area contributed by atoms with Crippen LogP contribution in [0, 0.1) is 0 Å². The maximum Gasteiger partial charge on any atom is 0.339 e. The standard InChI is InChI=1S/C22H21N3O6/c1-30-21(28)13-7-8-16(22(29)31-2)18(11-13)25-20(27)19(26)23-10-9-14-12-24-17-6-4-3-5-15(14)17/h3-8,11-12,24H,9-10H2,1-2H3,(H,23,26)(H,25,27). The third-order valence-electron chi connectivity index (χ3n) is 4.66. The third kappa shape index (κ3) is 4.89. The van der Waals surface area contributed by atoms with Crippen molar-refractivity contribution in [1.82, 2.24) is 10.3 Å². The van der Waals surface area contributed by atoms with E-state index in [1.54, 1.807) is 0 Å². The smallest absolute Gasteiger partial charge is 0.339 e. The number of H-pyrrole nitrogens is 1. The number of amides is 2. The lowest BCUT2D eigenvalue weighted by molar-refractivity contribution is -0.136. The van der Waals surface area contributed by atoms with Gasteiger partial charge in [0.05, 0.1) is 31.0 Å². The number of carbonyl (C=O) groups excluding carboxylic acids is 4. The van der Waals surface area contributed by atoms with Gasteiger partial charge in [-0.15, -0.1) is 0 Å². The fraction of sp³-hybridized carbons (Fsp3) is 0.182. The molecule has 0 aliphatic carbocycles. The van der Waals surface area contributed by atoms with Gasteiger partial charge in [0.2, 0.25) is 0 Å². The molecule has 2 amide bonds. The zero-order valence-corrected chi connectivity index (χ0v) is 17.0. The number of rotatable bonds is 6. The molecule has 0 saturated heterocycles. The number of nitrogens with one attached hydrogen (secondary N) is 3. The molecule has 0 spiro atoms. The van der Waals surface area contributed by atoms with Crippen molar-refractivity contribution in [1.29, 1.82) is 0 Å². The highest BCUT2D eigenvalue weighted by molar-refractivity contribution is 6.40.